The highest BCUT2D eigenvalue weighted by Gasteiger charge is 2.19. The molecule has 0 radical (unpaired) electrons. The van der Waals surface area contributed by atoms with Gasteiger partial charge in [0.15, 0.2) is 5.78 Å². The summed E-state index contributed by atoms with van der Waals surface area (Å²) in [5, 5.41) is 8.92. The molecule has 0 heterocycles. The van der Waals surface area contributed by atoms with Crippen LogP contribution >= 0.6 is 11.8 Å². The van der Waals surface area contributed by atoms with Crippen molar-refractivity contribution in [3.63, 3.8) is 0 Å². The predicted molar refractivity (Wildman–Crippen MR) is 106 cm³/mol. The molecule has 0 aliphatic carbocycles. The van der Waals surface area contributed by atoms with Crippen LogP contribution in [-0.4, -0.2) is 5.78 Å². The molecule has 0 aliphatic heterocycles. The predicted octanol–water partition coefficient (Wildman–Crippen LogP) is 5.25. The number of carbonyl (C=O) groups is 1. The van der Waals surface area contributed by atoms with Crippen LogP contribution in [0.15, 0.2) is 83.8 Å². The first-order valence-electron chi connectivity index (χ1n) is 8.27. The summed E-state index contributed by atoms with van der Waals surface area (Å²) >= 11 is 1.58. The van der Waals surface area contributed by atoms with Gasteiger partial charge in [0.1, 0.15) is 0 Å². The fourth-order valence-electron chi connectivity index (χ4n) is 2.65. The number of ketones is 1. The van der Waals surface area contributed by atoms with Gasteiger partial charge in [0.25, 0.3) is 0 Å². The maximum atomic E-state index is 12.7. The van der Waals surface area contributed by atoms with Crippen LogP contribution in [-0.2, 0) is 0 Å². The third-order valence-corrected chi connectivity index (χ3v) is 5.42. The lowest BCUT2D eigenvalue weighted by Crippen LogP contribution is -2.06. The molecule has 0 saturated heterocycles. The van der Waals surface area contributed by atoms with Gasteiger partial charge in [-0.05, 0) is 29.8 Å². The third-order valence-electron chi connectivity index (χ3n) is 4.07. The van der Waals surface area contributed by atoms with Crippen molar-refractivity contribution in [3.05, 3.63) is 95.6 Å². The summed E-state index contributed by atoms with van der Waals surface area (Å²) in [6.07, 6.45) is 0.356. The number of thioether (sulfide) groups is 1. The zero-order valence-corrected chi connectivity index (χ0v) is 14.9. The maximum absolute atomic E-state index is 12.7. The summed E-state index contributed by atoms with van der Waals surface area (Å²) in [6, 6.07) is 26.5. The minimum Gasteiger partial charge on any atom is -0.398 e. The Kier molecular flexibility index (Phi) is 5.73. The van der Waals surface area contributed by atoms with Gasteiger partial charge in [-0.2, -0.15) is 5.26 Å². The number of nitrogens with two attached hydrogens (primary N) is 1. The fourth-order valence-corrected chi connectivity index (χ4v) is 3.85. The molecule has 3 nitrogen and oxygen atoms in total. The third kappa shape index (κ3) is 4.33. The SMILES string of the molecule is N#Cc1ccc(C(CC(=O)c2ccccc2)Sc2ccccc2N)cc1. The number of nitrogens with zero attached hydrogens (tertiary/aromatic N) is 1. The average Bonchev–Trinajstić information content (AvgIpc) is 2.70. The van der Waals surface area contributed by atoms with Crippen LogP contribution in [0.3, 0.4) is 0 Å². The molecule has 0 aliphatic rings. The number of Topliss-reactive ketones (excluding diaryl/α,β-unsaturated/α-hetero) is 1. The lowest BCUT2D eigenvalue weighted by Gasteiger charge is -2.18. The van der Waals surface area contributed by atoms with Gasteiger partial charge in [0, 0.05) is 27.8 Å². The van der Waals surface area contributed by atoms with Crippen LogP contribution in [0.25, 0.3) is 0 Å². The molecule has 3 aromatic carbocycles. The standard InChI is InChI=1S/C22H18N2OS/c23-15-16-10-12-18(13-11-16)22(26-21-9-5-4-8-19(21)24)14-20(25)17-6-2-1-3-7-17/h1-13,22H,14,24H2. The van der Waals surface area contributed by atoms with E-state index in [2.05, 4.69) is 6.07 Å². The maximum Gasteiger partial charge on any atom is 0.164 e. The molecule has 3 rings (SSSR count). The van der Waals surface area contributed by atoms with Gasteiger partial charge in [-0.1, -0.05) is 54.6 Å². The van der Waals surface area contributed by atoms with Crippen LogP contribution in [0.4, 0.5) is 5.69 Å². The molecular formula is C22H18N2OS. The molecule has 3 aromatic rings. The zero-order valence-electron chi connectivity index (χ0n) is 14.1. The Morgan fingerprint density at radius 1 is 0.962 bits per heavy atom. The fraction of sp³-hybridized carbons (Fsp3) is 0.0909. The monoisotopic (exact) mass is 358 g/mol. The number of nitrogen functional groups attached to an aromatic ring is 1. The van der Waals surface area contributed by atoms with Crippen molar-refractivity contribution in [2.24, 2.45) is 0 Å². The van der Waals surface area contributed by atoms with Gasteiger partial charge < -0.3 is 5.73 Å². The van der Waals surface area contributed by atoms with E-state index in [1.165, 1.54) is 0 Å². The molecule has 0 aromatic heterocycles. The normalized spacial score (nSPS) is 11.5. The Morgan fingerprint density at radius 2 is 1.62 bits per heavy atom. The molecule has 1 unspecified atom stereocenters. The van der Waals surface area contributed by atoms with Crippen molar-refractivity contribution >= 4 is 23.2 Å². The van der Waals surface area contributed by atoms with Crippen LogP contribution in [0, 0.1) is 11.3 Å². The summed E-state index contributed by atoms with van der Waals surface area (Å²) in [5.74, 6) is 0.0852. The largest absolute Gasteiger partial charge is 0.398 e. The molecular weight excluding hydrogens is 340 g/mol. The Morgan fingerprint density at radius 3 is 2.27 bits per heavy atom. The first-order chi connectivity index (χ1) is 12.7. The first kappa shape index (κ1) is 17.8. The number of hydrogen-bond donors (Lipinski definition) is 1. The summed E-state index contributed by atoms with van der Waals surface area (Å²) in [6.45, 7) is 0. The van der Waals surface area contributed by atoms with Crippen LogP contribution < -0.4 is 5.73 Å². The van der Waals surface area contributed by atoms with Crippen LogP contribution in [0.5, 0.6) is 0 Å². The Labute approximate surface area is 157 Å². The quantitative estimate of drug-likeness (QED) is 0.371. The lowest BCUT2D eigenvalue weighted by molar-refractivity contribution is 0.0982. The molecule has 26 heavy (non-hydrogen) atoms. The Bertz CT molecular complexity index is 930. The Hall–Kier alpha value is -3.03. The molecule has 0 amide bonds. The topological polar surface area (TPSA) is 66.9 Å². The van der Waals surface area contributed by atoms with Gasteiger partial charge in [-0.15, -0.1) is 11.8 Å². The number of carbonyl (C=O) groups excluding carboxylic acids is 1. The van der Waals surface area contributed by atoms with E-state index in [-0.39, 0.29) is 11.0 Å². The van der Waals surface area contributed by atoms with E-state index in [1.807, 2.05) is 66.7 Å². The number of benzene rings is 3. The highest BCUT2D eigenvalue weighted by Crippen LogP contribution is 2.40. The number of anilines is 1. The van der Waals surface area contributed by atoms with E-state index in [1.54, 1.807) is 23.9 Å². The molecule has 4 heteroatoms. The van der Waals surface area contributed by atoms with E-state index >= 15 is 0 Å². The van der Waals surface area contributed by atoms with Gasteiger partial charge in [-0.25, -0.2) is 0 Å². The first-order valence-corrected chi connectivity index (χ1v) is 9.15. The number of para-hydroxylation sites is 1. The number of rotatable bonds is 6. The van der Waals surface area contributed by atoms with E-state index in [0.29, 0.717) is 23.2 Å². The van der Waals surface area contributed by atoms with Gasteiger partial charge >= 0.3 is 0 Å². The summed E-state index contributed by atoms with van der Waals surface area (Å²) in [7, 11) is 0. The second-order valence-corrected chi connectivity index (χ2v) is 7.12. The molecule has 2 N–H and O–H groups in total. The summed E-state index contributed by atoms with van der Waals surface area (Å²) < 4.78 is 0. The highest BCUT2D eigenvalue weighted by molar-refractivity contribution is 7.99. The average molecular weight is 358 g/mol. The van der Waals surface area contributed by atoms with Crippen molar-refractivity contribution < 1.29 is 4.79 Å². The minimum atomic E-state index is -0.0832. The molecule has 0 bridgehead atoms. The highest BCUT2D eigenvalue weighted by atomic mass is 32.2. The molecule has 1 atom stereocenters. The molecule has 0 saturated carbocycles. The van der Waals surface area contributed by atoms with E-state index in [9.17, 15) is 4.79 Å². The van der Waals surface area contributed by atoms with Gasteiger partial charge in [-0.3, -0.25) is 4.79 Å². The second-order valence-electron chi connectivity index (χ2n) is 5.87. The van der Waals surface area contributed by atoms with Crippen molar-refractivity contribution in [2.75, 3.05) is 5.73 Å². The van der Waals surface area contributed by atoms with Crippen molar-refractivity contribution in [2.45, 2.75) is 16.6 Å². The van der Waals surface area contributed by atoms with E-state index in [4.69, 9.17) is 11.0 Å². The van der Waals surface area contributed by atoms with Gasteiger partial charge in [0.2, 0.25) is 0 Å². The zero-order chi connectivity index (χ0) is 18.4. The minimum absolute atomic E-state index is 0.0832. The Balaban J connectivity index is 1.89. The summed E-state index contributed by atoms with van der Waals surface area (Å²) in [5.41, 5.74) is 9.09. The second kappa shape index (κ2) is 8.37. The van der Waals surface area contributed by atoms with Crippen molar-refractivity contribution in [1.82, 2.24) is 0 Å². The van der Waals surface area contributed by atoms with E-state index in [0.717, 1.165) is 10.5 Å². The molecule has 0 fully saturated rings. The summed E-state index contributed by atoms with van der Waals surface area (Å²) in [4.78, 5) is 13.7. The lowest BCUT2D eigenvalue weighted by atomic mass is 10.0. The van der Waals surface area contributed by atoms with Crippen molar-refractivity contribution in [3.8, 4) is 6.07 Å². The molecule has 128 valence electrons. The van der Waals surface area contributed by atoms with Crippen LogP contribution in [0.2, 0.25) is 0 Å². The van der Waals surface area contributed by atoms with Crippen molar-refractivity contribution in [1.29, 1.82) is 5.26 Å². The number of hydrogen-bond acceptors (Lipinski definition) is 4. The van der Waals surface area contributed by atoms with E-state index < -0.39 is 0 Å². The van der Waals surface area contributed by atoms with Crippen LogP contribution in [0.1, 0.15) is 33.2 Å². The smallest absolute Gasteiger partial charge is 0.164 e. The van der Waals surface area contributed by atoms with Gasteiger partial charge in [0.05, 0.1) is 11.6 Å². The number of nitriles is 1. The molecule has 0 spiro atoms.